The second-order valence-corrected chi connectivity index (χ2v) is 9.96. The van der Waals surface area contributed by atoms with Crippen molar-refractivity contribution in [3.8, 4) is 0 Å². The Morgan fingerprint density at radius 3 is 1.39 bits per heavy atom. The number of hydrogen-bond donors (Lipinski definition) is 1. The summed E-state index contributed by atoms with van der Waals surface area (Å²) in [4.78, 5) is 11.9. The van der Waals surface area contributed by atoms with Gasteiger partial charge in [-0.2, -0.15) is 12.6 Å². The number of thiol groups is 1. The van der Waals surface area contributed by atoms with Crippen molar-refractivity contribution < 1.29 is 29.0 Å². The van der Waals surface area contributed by atoms with Crippen LogP contribution >= 0.6 is 12.6 Å². The van der Waals surface area contributed by atoms with Gasteiger partial charge in [0.15, 0.2) is 0 Å². The summed E-state index contributed by atoms with van der Waals surface area (Å²) in [6, 6.07) is 0. The monoisotopic (exact) mass is 506 g/mol. The van der Waals surface area contributed by atoms with E-state index >= 15 is 0 Å². The molecule has 0 aromatic carbocycles. The molecule has 0 radical (unpaired) electrons. The Labute approximate surface area is 214 Å². The summed E-state index contributed by atoms with van der Waals surface area (Å²) in [6.07, 6.45) is 28.1. The van der Waals surface area contributed by atoms with Crippen LogP contribution in [0, 0.1) is 0 Å². The maximum absolute atomic E-state index is 11.9. The molecule has 182 valence electrons. The molecule has 1 unspecified atom stereocenters. The Bertz CT molecular complexity index is 352. The molecule has 0 rings (SSSR count). The van der Waals surface area contributed by atoms with Crippen LogP contribution in [0.5, 0.6) is 0 Å². The quantitative estimate of drug-likeness (QED) is 0.0609. The van der Waals surface area contributed by atoms with Crippen LogP contribution in [0.2, 0.25) is 0 Å². The summed E-state index contributed by atoms with van der Waals surface area (Å²) in [6.45, 7) is 5.13. The molecular weight excluding hydrogens is 454 g/mol. The average molecular weight is 508 g/mol. The molecule has 0 aliphatic rings. The normalized spacial score (nSPS) is 11.8. The van der Waals surface area contributed by atoms with Crippen LogP contribution in [0.15, 0.2) is 0 Å². The van der Waals surface area contributed by atoms with Gasteiger partial charge in [-0.25, -0.2) is 0 Å². The van der Waals surface area contributed by atoms with Crippen molar-refractivity contribution in [1.29, 1.82) is 0 Å². The van der Waals surface area contributed by atoms with Gasteiger partial charge < -0.3 is 4.74 Å². The topological polar surface area (TPSA) is 26.3 Å². The number of carbonyl (C=O) groups is 1. The molecule has 0 fully saturated rings. The van der Waals surface area contributed by atoms with Crippen molar-refractivity contribution in [3.05, 3.63) is 0 Å². The van der Waals surface area contributed by atoms with E-state index in [2.05, 4.69) is 26.5 Å². The van der Waals surface area contributed by atoms with Crippen LogP contribution in [0.1, 0.15) is 155 Å². The van der Waals surface area contributed by atoms with Gasteiger partial charge in [0.05, 0.1) is 13.0 Å². The van der Waals surface area contributed by atoms with E-state index in [0.717, 1.165) is 12.8 Å². The standard InChI is InChI=1S/C27H54O2S.Zn/c1-3-5-7-9-11-13-15-17-19-21-23-26(30)25-27(28)29-24-22-20-18-16-14-12-10-8-6-4-2;/h26,30H,3-25H2,1-2H3;. The number of rotatable bonds is 24. The maximum Gasteiger partial charge on any atom is 0.306 e. The van der Waals surface area contributed by atoms with Crippen molar-refractivity contribution in [3.63, 3.8) is 0 Å². The first-order valence-electron chi connectivity index (χ1n) is 13.5. The van der Waals surface area contributed by atoms with E-state index in [9.17, 15) is 4.79 Å². The fourth-order valence-electron chi connectivity index (χ4n) is 4.00. The van der Waals surface area contributed by atoms with E-state index in [-0.39, 0.29) is 30.7 Å². The van der Waals surface area contributed by atoms with Crippen molar-refractivity contribution in [2.75, 3.05) is 6.61 Å². The Morgan fingerprint density at radius 2 is 0.968 bits per heavy atom. The van der Waals surface area contributed by atoms with E-state index in [1.807, 2.05) is 0 Å². The smallest absolute Gasteiger partial charge is 0.306 e. The number of carbonyl (C=O) groups excluding carboxylic acids is 1. The minimum absolute atomic E-state index is 0. The van der Waals surface area contributed by atoms with Crippen molar-refractivity contribution in [2.45, 2.75) is 160 Å². The second-order valence-electron chi connectivity index (χ2n) is 9.23. The first-order chi connectivity index (χ1) is 14.7. The van der Waals surface area contributed by atoms with Crippen molar-refractivity contribution >= 4 is 18.6 Å². The molecule has 0 N–H and O–H groups in total. The minimum Gasteiger partial charge on any atom is -0.466 e. The second kappa shape index (κ2) is 28.5. The molecule has 4 heteroatoms. The fourth-order valence-corrected chi connectivity index (χ4v) is 4.33. The molecule has 31 heavy (non-hydrogen) atoms. The third-order valence-electron chi connectivity index (χ3n) is 6.05. The molecular formula is C27H54O2SZn. The van der Waals surface area contributed by atoms with Crippen LogP contribution in [-0.4, -0.2) is 17.8 Å². The predicted octanol–water partition coefficient (Wildman–Crippen LogP) is 9.45. The van der Waals surface area contributed by atoms with Gasteiger partial charge in [-0.05, 0) is 12.8 Å². The molecule has 0 aliphatic heterocycles. The van der Waals surface area contributed by atoms with Crippen LogP contribution in [0.25, 0.3) is 0 Å². The average Bonchev–Trinajstić information content (AvgIpc) is 2.73. The molecule has 0 heterocycles. The summed E-state index contributed by atoms with van der Waals surface area (Å²) in [5.41, 5.74) is 0. The van der Waals surface area contributed by atoms with E-state index in [1.54, 1.807) is 0 Å². The molecule has 0 saturated heterocycles. The largest absolute Gasteiger partial charge is 0.466 e. The zero-order chi connectivity index (χ0) is 22.1. The molecule has 2 nitrogen and oxygen atoms in total. The molecule has 0 saturated carbocycles. The fraction of sp³-hybridized carbons (Fsp3) is 0.963. The van der Waals surface area contributed by atoms with Gasteiger partial charge in [0, 0.05) is 24.7 Å². The Hall–Kier alpha value is 0.443. The summed E-state index contributed by atoms with van der Waals surface area (Å²) in [7, 11) is 0. The Morgan fingerprint density at radius 1 is 0.613 bits per heavy atom. The molecule has 0 aromatic heterocycles. The van der Waals surface area contributed by atoms with E-state index < -0.39 is 0 Å². The van der Waals surface area contributed by atoms with Crippen LogP contribution < -0.4 is 0 Å². The molecule has 0 bridgehead atoms. The molecule has 0 spiro atoms. The zero-order valence-electron chi connectivity index (χ0n) is 21.3. The predicted molar refractivity (Wildman–Crippen MR) is 137 cm³/mol. The van der Waals surface area contributed by atoms with Gasteiger partial charge >= 0.3 is 5.97 Å². The molecule has 1 atom stereocenters. The van der Waals surface area contributed by atoms with E-state index in [4.69, 9.17) is 4.74 Å². The molecule has 0 amide bonds. The number of esters is 1. The van der Waals surface area contributed by atoms with Crippen molar-refractivity contribution in [1.82, 2.24) is 0 Å². The molecule has 0 aliphatic carbocycles. The molecule has 0 aromatic rings. The van der Waals surface area contributed by atoms with Crippen LogP contribution in [0.4, 0.5) is 0 Å². The third kappa shape index (κ3) is 28.4. The van der Waals surface area contributed by atoms with Gasteiger partial charge in [0.25, 0.3) is 0 Å². The van der Waals surface area contributed by atoms with Crippen molar-refractivity contribution in [2.24, 2.45) is 0 Å². The summed E-state index contributed by atoms with van der Waals surface area (Å²) < 4.78 is 5.40. The summed E-state index contributed by atoms with van der Waals surface area (Å²) in [5.74, 6) is -0.0574. The van der Waals surface area contributed by atoms with E-state index in [1.165, 1.54) is 122 Å². The maximum atomic E-state index is 11.9. The van der Waals surface area contributed by atoms with Gasteiger partial charge in [0.2, 0.25) is 0 Å². The number of ether oxygens (including phenoxy) is 1. The third-order valence-corrected chi connectivity index (χ3v) is 6.49. The first kappa shape index (κ1) is 33.6. The Balaban J connectivity index is 0. The zero-order valence-corrected chi connectivity index (χ0v) is 25.2. The van der Waals surface area contributed by atoms with Gasteiger partial charge in [0.1, 0.15) is 0 Å². The summed E-state index contributed by atoms with van der Waals surface area (Å²) in [5, 5.41) is 0.166. The van der Waals surface area contributed by atoms with Gasteiger partial charge in [-0.3, -0.25) is 4.79 Å². The van der Waals surface area contributed by atoms with Gasteiger partial charge in [-0.1, -0.05) is 136 Å². The number of unbranched alkanes of at least 4 members (excludes halogenated alkanes) is 18. The Kier molecular flexibility index (Phi) is 30.9. The summed E-state index contributed by atoms with van der Waals surface area (Å²) >= 11 is 4.59. The van der Waals surface area contributed by atoms with Gasteiger partial charge in [-0.15, -0.1) is 0 Å². The minimum atomic E-state index is -0.0574. The van der Waals surface area contributed by atoms with Crippen LogP contribution in [-0.2, 0) is 29.0 Å². The first-order valence-corrected chi connectivity index (χ1v) is 14.1. The number of hydrogen-bond acceptors (Lipinski definition) is 3. The van der Waals surface area contributed by atoms with E-state index in [0.29, 0.717) is 13.0 Å². The van der Waals surface area contributed by atoms with Crippen LogP contribution in [0.3, 0.4) is 0 Å². The SMILES string of the molecule is CCCCCCCCCCCCOC(=O)CC(S)CCCCCCCCCCCC.[Zn].